The Labute approximate surface area is 50.9 Å². The molecule has 0 unspecified atom stereocenters. The molecular formula is C6H15NO. The molecule has 2 N–H and O–H groups in total. The van der Waals surface area contributed by atoms with Crippen molar-refractivity contribution in [1.29, 1.82) is 0 Å². The van der Waals surface area contributed by atoms with Crippen LogP contribution in [0.4, 0.5) is 0 Å². The molecule has 8 heavy (non-hydrogen) atoms. The van der Waals surface area contributed by atoms with Crippen molar-refractivity contribution in [2.45, 2.75) is 25.9 Å². The molecule has 0 aromatic heterocycles. The van der Waals surface area contributed by atoms with Crippen LogP contribution in [0.25, 0.3) is 0 Å². The molecule has 0 spiro atoms. The van der Waals surface area contributed by atoms with E-state index in [0.717, 1.165) is 13.0 Å². The lowest BCUT2D eigenvalue weighted by Crippen LogP contribution is -2.24. The average molecular weight is 117 g/mol. The molecule has 0 amide bonds. The third-order valence-corrected chi connectivity index (χ3v) is 0.987. The van der Waals surface area contributed by atoms with Gasteiger partial charge in [0.2, 0.25) is 0 Å². The minimum absolute atomic E-state index is 0.511. The zero-order chi connectivity index (χ0) is 6.62. The fourth-order valence-corrected chi connectivity index (χ4v) is 0.431. The van der Waals surface area contributed by atoms with Crippen LogP contribution < -0.4 is 5.32 Å². The second kappa shape index (κ2) is 3.05. The Balaban J connectivity index is 3.11. The van der Waals surface area contributed by atoms with Gasteiger partial charge >= 0.3 is 0 Å². The molecule has 2 nitrogen and oxygen atoms in total. The van der Waals surface area contributed by atoms with Gasteiger partial charge in [0.05, 0.1) is 5.60 Å². The van der Waals surface area contributed by atoms with Gasteiger partial charge in [0.15, 0.2) is 0 Å². The molecule has 0 aliphatic rings. The summed E-state index contributed by atoms with van der Waals surface area (Å²) < 4.78 is 0. The topological polar surface area (TPSA) is 32.3 Å². The molecule has 0 aliphatic heterocycles. The van der Waals surface area contributed by atoms with Crippen LogP contribution in [0.2, 0.25) is 0 Å². The predicted molar refractivity (Wildman–Crippen MR) is 34.8 cm³/mol. The van der Waals surface area contributed by atoms with E-state index in [1.54, 1.807) is 0 Å². The van der Waals surface area contributed by atoms with E-state index in [0.29, 0.717) is 0 Å². The Morgan fingerprint density at radius 1 is 1.50 bits per heavy atom. The highest BCUT2D eigenvalue weighted by Gasteiger charge is 2.09. The number of nitrogens with one attached hydrogen (secondary N) is 1. The van der Waals surface area contributed by atoms with Gasteiger partial charge in [0.1, 0.15) is 0 Å². The molecule has 0 saturated carbocycles. The van der Waals surface area contributed by atoms with Crippen molar-refractivity contribution in [2.75, 3.05) is 13.6 Å². The van der Waals surface area contributed by atoms with Crippen molar-refractivity contribution < 1.29 is 5.11 Å². The number of hydrogen-bond donors (Lipinski definition) is 2. The van der Waals surface area contributed by atoms with Crippen molar-refractivity contribution in [3.05, 3.63) is 0 Å². The summed E-state index contributed by atoms with van der Waals surface area (Å²) >= 11 is 0. The number of hydrogen-bond acceptors (Lipinski definition) is 2. The van der Waals surface area contributed by atoms with Gasteiger partial charge in [0, 0.05) is 0 Å². The molecule has 0 fully saturated rings. The second-order valence-corrected chi connectivity index (χ2v) is 2.67. The van der Waals surface area contributed by atoms with E-state index in [2.05, 4.69) is 5.32 Å². The molecule has 0 aliphatic carbocycles. The zero-order valence-electron chi connectivity index (χ0n) is 5.86. The maximum absolute atomic E-state index is 9.11. The van der Waals surface area contributed by atoms with Gasteiger partial charge < -0.3 is 10.4 Å². The van der Waals surface area contributed by atoms with Crippen LogP contribution in [0.15, 0.2) is 0 Å². The Morgan fingerprint density at radius 3 is 2.12 bits per heavy atom. The van der Waals surface area contributed by atoms with E-state index in [1.165, 1.54) is 0 Å². The molecule has 0 radical (unpaired) electrons. The van der Waals surface area contributed by atoms with Gasteiger partial charge in [0.25, 0.3) is 0 Å². The van der Waals surface area contributed by atoms with Gasteiger partial charge in [-0.2, -0.15) is 0 Å². The minimum Gasteiger partial charge on any atom is -0.390 e. The van der Waals surface area contributed by atoms with E-state index in [9.17, 15) is 0 Å². The lowest BCUT2D eigenvalue weighted by atomic mass is 10.1. The standard InChI is InChI=1S/C6H15NO/c1-6(2,8)4-5-7-3/h7-8H,4-5H2,1-3H3. The summed E-state index contributed by atoms with van der Waals surface area (Å²) in [6.07, 6.45) is 0.809. The Bertz CT molecular complexity index is 56.0. The van der Waals surface area contributed by atoms with Crippen molar-refractivity contribution in [3.63, 3.8) is 0 Å². The maximum Gasteiger partial charge on any atom is 0.0603 e. The smallest absolute Gasteiger partial charge is 0.0603 e. The summed E-state index contributed by atoms with van der Waals surface area (Å²) in [4.78, 5) is 0. The fourth-order valence-electron chi connectivity index (χ4n) is 0.431. The van der Waals surface area contributed by atoms with E-state index < -0.39 is 5.60 Å². The number of aliphatic hydroxyl groups is 1. The van der Waals surface area contributed by atoms with E-state index in [-0.39, 0.29) is 0 Å². The molecule has 50 valence electrons. The molecule has 0 rings (SSSR count). The van der Waals surface area contributed by atoms with Gasteiger partial charge in [-0.15, -0.1) is 0 Å². The summed E-state index contributed by atoms with van der Waals surface area (Å²) in [5.41, 5.74) is -0.511. The first-order valence-electron chi connectivity index (χ1n) is 2.93. The predicted octanol–water partition coefficient (Wildman–Crippen LogP) is 0.367. The minimum atomic E-state index is -0.511. The third kappa shape index (κ3) is 5.92. The van der Waals surface area contributed by atoms with E-state index in [4.69, 9.17) is 5.11 Å². The van der Waals surface area contributed by atoms with Crippen molar-refractivity contribution in [3.8, 4) is 0 Å². The van der Waals surface area contributed by atoms with Gasteiger partial charge in [-0.05, 0) is 33.9 Å². The first-order valence-corrected chi connectivity index (χ1v) is 2.93. The Morgan fingerprint density at radius 2 is 2.00 bits per heavy atom. The molecule has 2 heteroatoms. The largest absolute Gasteiger partial charge is 0.390 e. The molecule has 0 aromatic carbocycles. The zero-order valence-corrected chi connectivity index (χ0v) is 5.86. The quantitative estimate of drug-likeness (QED) is 0.559. The first-order chi connectivity index (χ1) is 3.56. The fraction of sp³-hybridized carbons (Fsp3) is 1.00. The SMILES string of the molecule is CNCCC(C)(C)O. The van der Waals surface area contributed by atoms with E-state index in [1.807, 2.05) is 20.9 Å². The Hall–Kier alpha value is -0.0800. The first kappa shape index (κ1) is 7.92. The normalized spacial score (nSPS) is 12.0. The lowest BCUT2D eigenvalue weighted by molar-refractivity contribution is 0.0718. The second-order valence-electron chi connectivity index (χ2n) is 2.67. The van der Waals surface area contributed by atoms with Gasteiger partial charge in [-0.1, -0.05) is 0 Å². The van der Waals surface area contributed by atoms with Crippen molar-refractivity contribution in [2.24, 2.45) is 0 Å². The maximum atomic E-state index is 9.11. The number of rotatable bonds is 3. The third-order valence-electron chi connectivity index (χ3n) is 0.987. The van der Waals surface area contributed by atoms with Crippen LogP contribution in [0.1, 0.15) is 20.3 Å². The van der Waals surface area contributed by atoms with Crippen molar-refractivity contribution >= 4 is 0 Å². The molecule has 0 heterocycles. The summed E-state index contributed by atoms with van der Waals surface area (Å²) in [6.45, 7) is 4.50. The van der Waals surface area contributed by atoms with Crippen molar-refractivity contribution in [1.82, 2.24) is 5.32 Å². The molecular weight excluding hydrogens is 102 g/mol. The van der Waals surface area contributed by atoms with Crippen LogP contribution in [-0.4, -0.2) is 24.3 Å². The van der Waals surface area contributed by atoms with Gasteiger partial charge in [-0.25, -0.2) is 0 Å². The van der Waals surface area contributed by atoms with Crippen LogP contribution in [0, 0.1) is 0 Å². The monoisotopic (exact) mass is 117 g/mol. The highest BCUT2D eigenvalue weighted by molar-refractivity contribution is 4.64. The molecule has 0 atom stereocenters. The molecule has 0 aromatic rings. The highest BCUT2D eigenvalue weighted by atomic mass is 16.3. The summed E-state index contributed by atoms with van der Waals surface area (Å²) in [6, 6.07) is 0. The molecule has 0 saturated heterocycles. The van der Waals surface area contributed by atoms with E-state index >= 15 is 0 Å². The van der Waals surface area contributed by atoms with Crippen LogP contribution in [0.5, 0.6) is 0 Å². The van der Waals surface area contributed by atoms with Crippen LogP contribution in [0.3, 0.4) is 0 Å². The summed E-state index contributed by atoms with van der Waals surface area (Å²) in [7, 11) is 1.88. The summed E-state index contributed by atoms with van der Waals surface area (Å²) in [5.74, 6) is 0. The summed E-state index contributed by atoms with van der Waals surface area (Å²) in [5, 5.41) is 12.1. The lowest BCUT2D eigenvalue weighted by Gasteiger charge is -2.15. The van der Waals surface area contributed by atoms with Gasteiger partial charge in [-0.3, -0.25) is 0 Å². The van der Waals surface area contributed by atoms with Crippen LogP contribution >= 0.6 is 0 Å². The molecule has 0 bridgehead atoms. The van der Waals surface area contributed by atoms with Crippen LogP contribution in [-0.2, 0) is 0 Å². The Kier molecular flexibility index (Phi) is 3.02. The highest BCUT2D eigenvalue weighted by Crippen LogP contribution is 2.04. The average Bonchev–Trinajstić information content (AvgIpc) is 1.59.